The molecule has 0 unspecified atom stereocenters. The molecule has 1 aromatic rings. The number of carbonyl (C=O) groups is 1. The van der Waals surface area contributed by atoms with Gasteiger partial charge in [0.25, 0.3) is 0 Å². The Hall–Kier alpha value is -1.13. The van der Waals surface area contributed by atoms with Crippen LogP contribution in [0.15, 0.2) is 6.07 Å². The van der Waals surface area contributed by atoms with Crippen molar-refractivity contribution in [3.63, 3.8) is 0 Å². The Morgan fingerprint density at radius 1 is 1.30 bits per heavy atom. The first kappa shape index (κ1) is 15.3. The number of aromatic nitrogens is 1. The third kappa shape index (κ3) is 3.13. The zero-order valence-electron chi connectivity index (χ0n) is 13.4. The van der Waals surface area contributed by atoms with E-state index in [0.717, 1.165) is 42.9 Å². The second kappa shape index (κ2) is 6.10. The van der Waals surface area contributed by atoms with Crippen LogP contribution in [0.2, 0.25) is 0 Å². The monoisotopic (exact) mass is 277 g/mol. The summed E-state index contributed by atoms with van der Waals surface area (Å²) in [6.45, 7) is 6.86. The lowest BCUT2D eigenvalue weighted by Crippen LogP contribution is -2.43. The lowest BCUT2D eigenvalue weighted by atomic mass is 10.0. The van der Waals surface area contributed by atoms with E-state index in [1.165, 1.54) is 0 Å². The molecular weight excluding hydrogens is 250 g/mol. The quantitative estimate of drug-likeness (QED) is 0.786. The highest BCUT2D eigenvalue weighted by Crippen LogP contribution is 2.17. The van der Waals surface area contributed by atoms with Crippen molar-refractivity contribution in [2.75, 3.05) is 33.7 Å². The molecule has 1 aromatic heterocycles. The van der Waals surface area contributed by atoms with Crippen molar-refractivity contribution < 1.29 is 4.79 Å². The van der Waals surface area contributed by atoms with Crippen molar-refractivity contribution in [3.8, 4) is 0 Å². The molecule has 0 amide bonds. The highest BCUT2D eigenvalue weighted by Gasteiger charge is 2.23. The first-order chi connectivity index (χ1) is 9.40. The standard InChI is InChI=1S/C16H27N3O/c1-12-10-15(13(2)19(12)5)16(20)11-18(4)14-6-8-17(3)9-7-14/h10,14H,6-9,11H2,1-5H3. The number of aryl methyl sites for hydroxylation is 1. The van der Waals surface area contributed by atoms with Crippen LogP contribution >= 0.6 is 0 Å². The maximum atomic E-state index is 12.5. The number of Topliss-reactive ketones (excluding diaryl/α,β-unsaturated/α-hetero) is 1. The van der Waals surface area contributed by atoms with E-state index in [0.29, 0.717) is 12.6 Å². The largest absolute Gasteiger partial charge is 0.351 e. The minimum atomic E-state index is 0.243. The number of likely N-dealkylation sites (tertiary alicyclic amines) is 1. The summed E-state index contributed by atoms with van der Waals surface area (Å²) in [5.41, 5.74) is 3.10. The third-order valence-electron chi connectivity index (χ3n) is 4.78. The fourth-order valence-corrected chi connectivity index (χ4v) is 3.01. The van der Waals surface area contributed by atoms with Crippen molar-refractivity contribution in [1.82, 2.24) is 14.4 Å². The molecule has 1 fully saturated rings. The number of ketones is 1. The van der Waals surface area contributed by atoms with Gasteiger partial charge in [-0.1, -0.05) is 0 Å². The van der Waals surface area contributed by atoms with E-state index in [2.05, 4.69) is 28.5 Å². The van der Waals surface area contributed by atoms with Crippen LogP contribution in [0.1, 0.15) is 34.6 Å². The summed E-state index contributed by atoms with van der Waals surface area (Å²) in [6.07, 6.45) is 2.32. The highest BCUT2D eigenvalue weighted by atomic mass is 16.1. The van der Waals surface area contributed by atoms with Crippen LogP contribution in [-0.4, -0.2) is 59.9 Å². The number of hydrogen-bond acceptors (Lipinski definition) is 3. The molecule has 112 valence electrons. The zero-order valence-corrected chi connectivity index (χ0v) is 13.4. The van der Waals surface area contributed by atoms with Gasteiger partial charge in [0.1, 0.15) is 0 Å². The van der Waals surface area contributed by atoms with Gasteiger partial charge in [-0.05, 0) is 59.9 Å². The van der Waals surface area contributed by atoms with Gasteiger partial charge >= 0.3 is 0 Å². The van der Waals surface area contributed by atoms with Crippen LogP contribution in [-0.2, 0) is 7.05 Å². The smallest absolute Gasteiger partial charge is 0.178 e. The van der Waals surface area contributed by atoms with E-state index in [1.54, 1.807) is 0 Å². The molecule has 1 aliphatic heterocycles. The Labute approximate surface area is 122 Å². The Morgan fingerprint density at radius 2 is 1.90 bits per heavy atom. The summed E-state index contributed by atoms with van der Waals surface area (Å²) >= 11 is 0. The van der Waals surface area contributed by atoms with Gasteiger partial charge in [-0.25, -0.2) is 0 Å². The van der Waals surface area contributed by atoms with Crippen molar-refractivity contribution in [2.24, 2.45) is 7.05 Å². The molecule has 0 aliphatic carbocycles. The molecule has 4 heteroatoms. The average molecular weight is 277 g/mol. The summed E-state index contributed by atoms with van der Waals surface area (Å²) in [4.78, 5) is 17.1. The van der Waals surface area contributed by atoms with Gasteiger partial charge in [0.2, 0.25) is 0 Å². The van der Waals surface area contributed by atoms with Crippen molar-refractivity contribution in [3.05, 3.63) is 23.0 Å². The molecule has 0 spiro atoms. The van der Waals surface area contributed by atoms with E-state index in [4.69, 9.17) is 0 Å². The molecular formula is C16H27N3O. The number of piperidine rings is 1. The van der Waals surface area contributed by atoms with Gasteiger partial charge in [0.15, 0.2) is 5.78 Å². The van der Waals surface area contributed by atoms with Crippen LogP contribution in [0.5, 0.6) is 0 Å². The lowest BCUT2D eigenvalue weighted by Gasteiger charge is -2.34. The van der Waals surface area contributed by atoms with Gasteiger partial charge in [0, 0.05) is 30.0 Å². The molecule has 20 heavy (non-hydrogen) atoms. The minimum absolute atomic E-state index is 0.243. The SMILES string of the molecule is Cc1cc(C(=O)CN(C)C2CCN(C)CC2)c(C)n1C. The van der Waals surface area contributed by atoms with E-state index >= 15 is 0 Å². The molecule has 0 radical (unpaired) electrons. The Balaban J connectivity index is 1.98. The summed E-state index contributed by atoms with van der Waals surface area (Å²) in [5, 5.41) is 0. The van der Waals surface area contributed by atoms with Gasteiger partial charge in [-0.2, -0.15) is 0 Å². The molecule has 0 bridgehead atoms. The second-order valence-corrected chi connectivity index (χ2v) is 6.22. The van der Waals surface area contributed by atoms with E-state index in [9.17, 15) is 4.79 Å². The molecule has 1 saturated heterocycles. The summed E-state index contributed by atoms with van der Waals surface area (Å²) in [6, 6.07) is 2.56. The Bertz CT molecular complexity index is 484. The van der Waals surface area contributed by atoms with Gasteiger partial charge in [-0.15, -0.1) is 0 Å². The summed E-state index contributed by atoms with van der Waals surface area (Å²) in [5.74, 6) is 0.243. The van der Waals surface area contributed by atoms with E-state index < -0.39 is 0 Å². The normalized spacial score (nSPS) is 17.9. The van der Waals surface area contributed by atoms with Crippen molar-refractivity contribution >= 4 is 5.78 Å². The molecule has 2 rings (SSSR count). The van der Waals surface area contributed by atoms with Crippen LogP contribution in [0.25, 0.3) is 0 Å². The number of nitrogens with zero attached hydrogens (tertiary/aromatic N) is 3. The minimum Gasteiger partial charge on any atom is -0.351 e. The molecule has 1 aliphatic rings. The Morgan fingerprint density at radius 3 is 2.40 bits per heavy atom. The van der Waals surface area contributed by atoms with Crippen LogP contribution in [0.4, 0.5) is 0 Å². The number of carbonyl (C=O) groups excluding carboxylic acids is 1. The summed E-state index contributed by atoms with van der Waals surface area (Å²) < 4.78 is 2.09. The zero-order chi connectivity index (χ0) is 14.9. The second-order valence-electron chi connectivity index (χ2n) is 6.22. The van der Waals surface area contributed by atoms with E-state index in [-0.39, 0.29) is 5.78 Å². The van der Waals surface area contributed by atoms with Gasteiger partial charge < -0.3 is 9.47 Å². The molecule has 0 aromatic carbocycles. The molecule has 0 N–H and O–H groups in total. The highest BCUT2D eigenvalue weighted by molar-refractivity contribution is 5.99. The maximum Gasteiger partial charge on any atom is 0.178 e. The predicted octanol–water partition coefficient (Wildman–Crippen LogP) is 1.85. The first-order valence-corrected chi connectivity index (χ1v) is 7.45. The molecule has 0 saturated carbocycles. The topological polar surface area (TPSA) is 28.5 Å². The maximum absolute atomic E-state index is 12.5. The molecule has 2 heterocycles. The average Bonchev–Trinajstić information content (AvgIpc) is 2.67. The predicted molar refractivity (Wildman–Crippen MR) is 82.4 cm³/mol. The summed E-state index contributed by atoms with van der Waals surface area (Å²) in [7, 11) is 6.26. The third-order valence-corrected chi connectivity index (χ3v) is 4.78. The lowest BCUT2D eigenvalue weighted by molar-refractivity contribution is 0.0871. The van der Waals surface area contributed by atoms with E-state index in [1.807, 2.05) is 27.0 Å². The molecule has 4 nitrogen and oxygen atoms in total. The number of hydrogen-bond donors (Lipinski definition) is 0. The van der Waals surface area contributed by atoms with Crippen LogP contribution in [0, 0.1) is 13.8 Å². The number of rotatable bonds is 4. The van der Waals surface area contributed by atoms with Gasteiger partial charge in [-0.3, -0.25) is 9.69 Å². The first-order valence-electron chi connectivity index (χ1n) is 7.45. The van der Waals surface area contributed by atoms with Crippen molar-refractivity contribution in [1.29, 1.82) is 0 Å². The fraction of sp³-hybridized carbons (Fsp3) is 0.688. The Kier molecular flexibility index (Phi) is 4.66. The van der Waals surface area contributed by atoms with Crippen LogP contribution < -0.4 is 0 Å². The van der Waals surface area contributed by atoms with Crippen molar-refractivity contribution in [2.45, 2.75) is 32.7 Å². The fourth-order valence-electron chi connectivity index (χ4n) is 3.01. The molecule has 0 atom stereocenters. The number of likely N-dealkylation sites (N-methyl/N-ethyl adjacent to an activating group) is 1. The van der Waals surface area contributed by atoms with Crippen LogP contribution in [0.3, 0.4) is 0 Å². The van der Waals surface area contributed by atoms with Gasteiger partial charge in [0.05, 0.1) is 6.54 Å².